The summed E-state index contributed by atoms with van der Waals surface area (Å²) in [6, 6.07) is 3.04. The van der Waals surface area contributed by atoms with Gasteiger partial charge in [-0.1, -0.05) is 0 Å². The second-order valence-corrected chi connectivity index (χ2v) is 4.12. The van der Waals surface area contributed by atoms with Crippen LogP contribution in [0.25, 0.3) is 0 Å². The zero-order chi connectivity index (χ0) is 12.4. The van der Waals surface area contributed by atoms with Crippen LogP contribution in [-0.4, -0.2) is 36.7 Å². The van der Waals surface area contributed by atoms with Crippen molar-refractivity contribution in [3.63, 3.8) is 0 Å². The molecule has 0 aromatic carbocycles. The topological polar surface area (TPSA) is 51.5 Å². The Morgan fingerprint density at radius 2 is 1.94 bits per heavy atom. The summed E-state index contributed by atoms with van der Waals surface area (Å²) >= 11 is 0. The SMILES string of the molecule is CC(=O)c1ccc(=O)n(C)c1N1CCOCC1. The van der Waals surface area contributed by atoms with Gasteiger partial charge >= 0.3 is 0 Å². The van der Waals surface area contributed by atoms with E-state index in [0.29, 0.717) is 37.7 Å². The van der Waals surface area contributed by atoms with E-state index in [1.807, 2.05) is 4.90 Å². The molecule has 1 aliphatic heterocycles. The molecule has 0 aliphatic carbocycles. The first-order valence-corrected chi connectivity index (χ1v) is 5.65. The number of morpholine rings is 1. The van der Waals surface area contributed by atoms with Crippen molar-refractivity contribution in [3.8, 4) is 0 Å². The van der Waals surface area contributed by atoms with Crippen LogP contribution in [0.4, 0.5) is 5.82 Å². The van der Waals surface area contributed by atoms with Gasteiger partial charge in [0.05, 0.1) is 18.8 Å². The fourth-order valence-electron chi connectivity index (χ4n) is 2.06. The molecule has 5 nitrogen and oxygen atoms in total. The molecule has 2 heterocycles. The largest absolute Gasteiger partial charge is 0.378 e. The van der Waals surface area contributed by atoms with E-state index in [0.717, 1.165) is 0 Å². The molecule has 92 valence electrons. The Morgan fingerprint density at radius 1 is 1.29 bits per heavy atom. The van der Waals surface area contributed by atoms with E-state index in [2.05, 4.69) is 0 Å². The average molecular weight is 236 g/mol. The predicted molar refractivity (Wildman–Crippen MR) is 64.7 cm³/mol. The molecule has 0 saturated carbocycles. The molecular weight excluding hydrogens is 220 g/mol. The monoisotopic (exact) mass is 236 g/mol. The highest BCUT2D eigenvalue weighted by molar-refractivity contribution is 5.98. The number of Topliss-reactive ketones (excluding diaryl/α,β-unsaturated/α-hetero) is 1. The number of rotatable bonds is 2. The quantitative estimate of drug-likeness (QED) is 0.698. The van der Waals surface area contributed by atoms with Crippen molar-refractivity contribution in [3.05, 3.63) is 28.0 Å². The minimum atomic E-state index is -0.100. The second-order valence-electron chi connectivity index (χ2n) is 4.12. The van der Waals surface area contributed by atoms with Crippen LogP contribution in [0, 0.1) is 0 Å². The minimum absolute atomic E-state index is 0.0258. The van der Waals surface area contributed by atoms with Gasteiger partial charge in [-0.3, -0.25) is 14.2 Å². The van der Waals surface area contributed by atoms with Crippen LogP contribution in [0.2, 0.25) is 0 Å². The molecule has 0 N–H and O–H groups in total. The van der Waals surface area contributed by atoms with Crippen molar-refractivity contribution in [1.29, 1.82) is 0 Å². The number of hydrogen-bond donors (Lipinski definition) is 0. The third-order valence-corrected chi connectivity index (χ3v) is 2.97. The fraction of sp³-hybridized carbons (Fsp3) is 0.500. The summed E-state index contributed by atoms with van der Waals surface area (Å²) in [4.78, 5) is 25.3. The molecule has 1 aromatic rings. The smallest absolute Gasteiger partial charge is 0.251 e. The van der Waals surface area contributed by atoms with Gasteiger partial charge in [0.2, 0.25) is 0 Å². The Balaban J connectivity index is 2.51. The number of ether oxygens (including phenoxy) is 1. The Morgan fingerprint density at radius 3 is 2.53 bits per heavy atom. The zero-order valence-corrected chi connectivity index (χ0v) is 10.1. The van der Waals surface area contributed by atoms with Crippen LogP contribution in [-0.2, 0) is 11.8 Å². The van der Waals surface area contributed by atoms with Gasteiger partial charge in [0, 0.05) is 26.2 Å². The summed E-state index contributed by atoms with van der Waals surface area (Å²) < 4.78 is 6.81. The average Bonchev–Trinajstić information content (AvgIpc) is 2.33. The number of carbonyl (C=O) groups is 1. The van der Waals surface area contributed by atoms with E-state index in [1.165, 1.54) is 17.6 Å². The van der Waals surface area contributed by atoms with Gasteiger partial charge in [-0.25, -0.2) is 0 Å². The normalized spacial score (nSPS) is 16.0. The molecule has 5 heteroatoms. The maximum Gasteiger partial charge on any atom is 0.251 e. The minimum Gasteiger partial charge on any atom is -0.378 e. The molecule has 1 aliphatic rings. The summed E-state index contributed by atoms with van der Waals surface area (Å²) in [6.07, 6.45) is 0. The third-order valence-electron chi connectivity index (χ3n) is 2.97. The standard InChI is InChI=1S/C12H16N2O3/c1-9(15)10-3-4-11(16)13(2)12(10)14-5-7-17-8-6-14/h3-4H,5-8H2,1-2H3. The molecule has 0 bridgehead atoms. The molecule has 0 unspecified atom stereocenters. The van der Waals surface area contributed by atoms with Crippen LogP contribution in [0.3, 0.4) is 0 Å². The maximum absolute atomic E-state index is 11.7. The van der Waals surface area contributed by atoms with Crippen molar-refractivity contribution < 1.29 is 9.53 Å². The molecule has 0 radical (unpaired) electrons. The third kappa shape index (κ3) is 2.24. The molecule has 1 saturated heterocycles. The van der Waals surface area contributed by atoms with E-state index < -0.39 is 0 Å². The number of hydrogen-bond acceptors (Lipinski definition) is 4. The maximum atomic E-state index is 11.7. The van der Waals surface area contributed by atoms with Crippen LogP contribution in [0.5, 0.6) is 0 Å². The Kier molecular flexibility index (Phi) is 3.28. The lowest BCUT2D eigenvalue weighted by Crippen LogP contribution is -2.40. The van der Waals surface area contributed by atoms with Crippen LogP contribution >= 0.6 is 0 Å². The van der Waals surface area contributed by atoms with Gasteiger partial charge < -0.3 is 9.64 Å². The molecule has 17 heavy (non-hydrogen) atoms. The first-order valence-electron chi connectivity index (χ1n) is 5.65. The van der Waals surface area contributed by atoms with Gasteiger partial charge in [-0.15, -0.1) is 0 Å². The van der Waals surface area contributed by atoms with Crippen LogP contribution in [0.1, 0.15) is 17.3 Å². The highest BCUT2D eigenvalue weighted by Gasteiger charge is 2.19. The zero-order valence-electron chi connectivity index (χ0n) is 10.1. The predicted octanol–water partition coefficient (Wildman–Crippen LogP) is 0.425. The molecule has 0 atom stereocenters. The number of nitrogens with zero attached hydrogens (tertiary/aromatic N) is 2. The van der Waals surface area contributed by atoms with Gasteiger partial charge in [0.15, 0.2) is 5.78 Å². The Labute approximate surface area is 99.6 Å². The summed E-state index contributed by atoms with van der Waals surface area (Å²) in [5.41, 5.74) is 0.491. The van der Waals surface area contributed by atoms with Crippen LogP contribution in [0.15, 0.2) is 16.9 Å². The van der Waals surface area contributed by atoms with E-state index in [1.54, 1.807) is 13.1 Å². The van der Waals surface area contributed by atoms with Gasteiger partial charge in [-0.05, 0) is 13.0 Å². The molecule has 1 aromatic heterocycles. The van der Waals surface area contributed by atoms with Crippen molar-refractivity contribution >= 4 is 11.6 Å². The van der Waals surface area contributed by atoms with Crippen molar-refractivity contribution in [2.45, 2.75) is 6.92 Å². The molecule has 2 rings (SSSR count). The molecule has 0 spiro atoms. The lowest BCUT2D eigenvalue weighted by molar-refractivity contribution is 0.101. The second kappa shape index (κ2) is 4.71. The van der Waals surface area contributed by atoms with Gasteiger partial charge in [-0.2, -0.15) is 0 Å². The van der Waals surface area contributed by atoms with E-state index >= 15 is 0 Å². The number of aromatic nitrogens is 1. The Hall–Kier alpha value is -1.62. The van der Waals surface area contributed by atoms with Gasteiger partial charge in [0.1, 0.15) is 5.82 Å². The lowest BCUT2D eigenvalue weighted by atomic mass is 10.1. The highest BCUT2D eigenvalue weighted by Crippen LogP contribution is 2.19. The molecule has 1 fully saturated rings. The number of ketones is 1. The molecular formula is C12H16N2O3. The first kappa shape index (κ1) is 11.9. The van der Waals surface area contributed by atoms with E-state index in [9.17, 15) is 9.59 Å². The first-order chi connectivity index (χ1) is 8.11. The van der Waals surface area contributed by atoms with Gasteiger partial charge in [0.25, 0.3) is 5.56 Å². The Bertz CT molecular complexity index is 487. The summed E-state index contributed by atoms with van der Waals surface area (Å²) in [6.45, 7) is 4.18. The van der Waals surface area contributed by atoms with E-state index in [-0.39, 0.29) is 11.3 Å². The van der Waals surface area contributed by atoms with E-state index in [4.69, 9.17) is 4.74 Å². The number of pyridine rings is 1. The summed E-state index contributed by atoms with van der Waals surface area (Å²) in [5.74, 6) is 0.676. The number of carbonyl (C=O) groups excluding carboxylic acids is 1. The van der Waals surface area contributed by atoms with Crippen molar-refractivity contribution in [2.24, 2.45) is 7.05 Å². The van der Waals surface area contributed by atoms with Crippen molar-refractivity contribution in [2.75, 3.05) is 31.2 Å². The fourth-order valence-corrected chi connectivity index (χ4v) is 2.06. The number of anilines is 1. The van der Waals surface area contributed by atoms with Crippen LogP contribution < -0.4 is 10.5 Å². The van der Waals surface area contributed by atoms with Crippen molar-refractivity contribution in [1.82, 2.24) is 4.57 Å². The highest BCUT2D eigenvalue weighted by atomic mass is 16.5. The summed E-state index contributed by atoms with van der Waals surface area (Å²) in [7, 11) is 1.69. The molecule has 0 amide bonds. The summed E-state index contributed by atoms with van der Waals surface area (Å²) in [5, 5.41) is 0. The lowest BCUT2D eigenvalue weighted by Gasteiger charge is -2.31.